The summed E-state index contributed by atoms with van der Waals surface area (Å²) in [4.78, 5) is 22.5. The maximum absolute atomic E-state index is 12.1. The number of nitrogens with one attached hydrogen (secondary N) is 1. The fraction of sp³-hybridized carbons (Fsp3) is 0.316. The molecule has 1 N–H and O–H groups in total. The van der Waals surface area contributed by atoms with Crippen LogP contribution < -0.4 is 10.1 Å². The van der Waals surface area contributed by atoms with Gasteiger partial charge in [-0.2, -0.15) is 0 Å². The van der Waals surface area contributed by atoms with Gasteiger partial charge in [-0.25, -0.2) is 0 Å². The van der Waals surface area contributed by atoms with Gasteiger partial charge in [0.2, 0.25) is 0 Å². The van der Waals surface area contributed by atoms with Crippen molar-refractivity contribution in [3.63, 3.8) is 0 Å². The summed E-state index contributed by atoms with van der Waals surface area (Å²) < 4.78 is 5.60. The molecule has 0 aliphatic heterocycles. The van der Waals surface area contributed by atoms with Crippen LogP contribution in [0.25, 0.3) is 0 Å². The highest BCUT2D eigenvalue weighted by atomic mass is 16.6. The Bertz CT molecular complexity index is 714. The summed E-state index contributed by atoms with van der Waals surface area (Å²) in [5.41, 5.74) is 0.950. The monoisotopic (exact) mass is 342 g/mol. The van der Waals surface area contributed by atoms with Gasteiger partial charge in [0.05, 0.1) is 11.5 Å². The van der Waals surface area contributed by atoms with Gasteiger partial charge in [-0.15, -0.1) is 0 Å². The lowest BCUT2D eigenvalue weighted by Crippen LogP contribution is -2.26. The quantitative estimate of drug-likeness (QED) is 0.427. The fourth-order valence-corrected chi connectivity index (χ4v) is 2.33. The van der Waals surface area contributed by atoms with Gasteiger partial charge < -0.3 is 10.1 Å². The molecule has 0 aliphatic carbocycles. The minimum atomic E-state index is -0.549. The number of rotatable bonds is 9. The van der Waals surface area contributed by atoms with Crippen LogP contribution in [0.3, 0.4) is 0 Å². The molecule has 2 rings (SSSR count). The van der Waals surface area contributed by atoms with E-state index in [-0.39, 0.29) is 11.3 Å². The highest BCUT2D eigenvalue weighted by Gasteiger charge is 2.18. The van der Waals surface area contributed by atoms with E-state index < -0.39 is 10.8 Å². The number of nitro groups is 1. The molecule has 25 heavy (non-hydrogen) atoms. The van der Waals surface area contributed by atoms with Gasteiger partial charge in [0.25, 0.3) is 11.6 Å². The van der Waals surface area contributed by atoms with E-state index in [2.05, 4.69) is 12.2 Å². The molecular formula is C19H22N2O4. The Morgan fingerprint density at radius 3 is 2.56 bits per heavy atom. The lowest BCUT2D eigenvalue weighted by molar-refractivity contribution is -0.385. The van der Waals surface area contributed by atoms with Crippen molar-refractivity contribution in [2.24, 2.45) is 0 Å². The van der Waals surface area contributed by atoms with Gasteiger partial charge in [-0.05, 0) is 36.6 Å². The lowest BCUT2D eigenvalue weighted by Gasteiger charge is -2.08. The zero-order valence-corrected chi connectivity index (χ0v) is 14.2. The van der Waals surface area contributed by atoms with Crippen LogP contribution in [0, 0.1) is 10.1 Å². The van der Waals surface area contributed by atoms with E-state index >= 15 is 0 Å². The summed E-state index contributed by atoms with van der Waals surface area (Å²) in [5.74, 6) is 0.396. The molecule has 6 nitrogen and oxygen atoms in total. The van der Waals surface area contributed by atoms with E-state index in [1.807, 2.05) is 24.3 Å². The summed E-state index contributed by atoms with van der Waals surface area (Å²) in [5, 5.41) is 13.7. The maximum atomic E-state index is 12.1. The van der Waals surface area contributed by atoms with E-state index in [9.17, 15) is 14.9 Å². The van der Waals surface area contributed by atoms with Gasteiger partial charge >= 0.3 is 0 Å². The molecule has 132 valence electrons. The van der Waals surface area contributed by atoms with E-state index in [0.717, 1.165) is 24.2 Å². The zero-order valence-electron chi connectivity index (χ0n) is 14.2. The van der Waals surface area contributed by atoms with Crippen LogP contribution in [0.4, 0.5) is 5.69 Å². The van der Waals surface area contributed by atoms with Crippen molar-refractivity contribution in [1.82, 2.24) is 5.32 Å². The molecule has 2 aromatic rings. The van der Waals surface area contributed by atoms with Crippen LogP contribution in [-0.4, -0.2) is 24.0 Å². The van der Waals surface area contributed by atoms with Gasteiger partial charge in [0, 0.05) is 12.6 Å². The molecule has 0 fully saturated rings. The number of benzene rings is 2. The SMILES string of the molecule is CCCCOc1ccc(CCNC(=O)c2ccccc2[N+](=O)[O-])cc1. The van der Waals surface area contributed by atoms with Gasteiger partial charge in [0.15, 0.2) is 0 Å². The summed E-state index contributed by atoms with van der Waals surface area (Å²) in [6, 6.07) is 13.7. The number of hydrogen-bond donors (Lipinski definition) is 1. The average Bonchev–Trinajstić information content (AvgIpc) is 2.63. The topological polar surface area (TPSA) is 81.5 Å². The Morgan fingerprint density at radius 1 is 1.16 bits per heavy atom. The predicted molar refractivity (Wildman–Crippen MR) is 96.0 cm³/mol. The number of para-hydroxylation sites is 1. The Hall–Kier alpha value is -2.89. The molecule has 0 aliphatic rings. The summed E-state index contributed by atoms with van der Waals surface area (Å²) >= 11 is 0. The van der Waals surface area contributed by atoms with Crippen molar-refractivity contribution in [3.05, 3.63) is 69.8 Å². The molecule has 2 aromatic carbocycles. The largest absolute Gasteiger partial charge is 0.494 e. The third-order valence-electron chi connectivity index (χ3n) is 3.73. The number of carbonyl (C=O) groups is 1. The van der Waals surface area contributed by atoms with E-state index in [1.54, 1.807) is 12.1 Å². The molecule has 0 heterocycles. The molecule has 0 saturated carbocycles. The van der Waals surface area contributed by atoms with Gasteiger partial charge in [0.1, 0.15) is 11.3 Å². The first-order valence-electron chi connectivity index (χ1n) is 8.35. The first-order valence-corrected chi connectivity index (χ1v) is 8.35. The zero-order chi connectivity index (χ0) is 18.1. The van der Waals surface area contributed by atoms with Crippen LogP contribution >= 0.6 is 0 Å². The number of nitro benzene ring substituents is 1. The van der Waals surface area contributed by atoms with E-state index in [1.165, 1.54) is 12.1 Å². The highest BCUT2D eigenvalue weighted by molar-refractivity contribution is 5.98. The second-order valence-electron chi connectivity index (χ2n) is 5.63. The molecule has 0 saturated heterocycles. The lowest BCUT2D eigenvalue weighted by atomic mass is 10.1. The molecule has 0 atom stereocenters. The van der Waals surface area contributed by atoms with Crippen molar-refractivity contribution >= 4 is 11.6 Å². The maximum Gasteiger partial charge on any atom is 0.282 e. The molecule has 0 radical (unpaired) electrons. The van der Waals surface area contributed by atoms with Gasteiger partial charge in [-0.1, -0.05) is 37.6 Å². The smallest absolute Gasteiger partial charge is 0.282 e. The third-order valence-corrected chi connectivity index (χ3v) is 3.73. The molecule has 0 aromatic heterocycles. The first-order chi connectivity index (χ1) is 12.1. The fourth-order valence-electron chi connectivity index (χ4n) is 2.33. The number of amides is 1. The first kappa shape index (κ1) is 18.4. The van der Waals surface area contributed by atoms with Crippen LogP contribution in [-0.2, 0) is 6.42 Å². The second kappa shape index (κ2) is 9.42. The standard InChI is InChI=1S/C19H22N2O4/c1-2-3-14-25-16-10-8-15(9-11-16)12-13-20-19(22)17-6-4-5-7-18(17)21(23)24/h4-11H,2-3,12-14H2,1H3,(H,20,22). The van der Waals surface area contributed by atoms with Crippen LogP contribution in [0.5, 0.6) is 5.75 Å². The molecule has 0 unspecified atom stereocenters. The van der Waals surface area contributed by atoms with E-state index in [4.69, 9.17) is 4.74 Å². The molecular weight excluding hydrogens is 320 g/mol. The number of ether oxygens (including phenoxy) is 1. The molecule has 6 heteroatoms. The molecule has 0 spiro atoms. The summed E-state index contributed by atoms with van der Waals surface area (Å²) in [6.07, 6.45) is 2.76. The van der Waals surface area contributed by atoms with Crippen LogP contribution in [0.1, 0.15) is 35.7 Å². The predicted octanol–water partition coefficient (Wildman–Crippen LogP) is 3.75. The van der Waals surface area contributed by atoms with E-state index in [0.29, 0.717) is 19.6 Å². The van der Waals surface area contributed by atoms with Crippen molar-refractivity contribution in [2.45, 2.75) is 26.2 Å². The Balaban J connectivity index is 1.84. The Morgan fingerprint density at radius 2 is 1.88 bits per heavy atom. The number of unbranched alkanes of at least 4 members (excludes halogenated alkanes) is 1. The van der Waals surface area contributed by atoms with Crippen molar-refractivity contribution in [2.75, 3.05) is 13.2 Å². The summed E-state index contributed by atoms with van der Waals surface area (Å²) in [6.45, 7) is 3.23. The van der Waals surface area contributed by atoms with Crippen LogP contribution in [0.15, 0.2) is 48.5 Å². The average molecular weight is 342 g/mol. The normalized spacial score (nSPS) is 10.3. The van der Waals surface area contributed by atoms with Crippen LogP contribution in [0.2, 0.25) is 0 Å². The highest BCUT2D eigenvalue weighted by Crippen LogP contribution is 2.17. The summed E-state index contributed by atoms with van der Waals surface area (Å²) in [7, 11) is 0. The second-order valence-corrected chi connectivity index (χ2v) is 5.63. The third kappa shape index (κ3) is 5.60. The Kier molecular flexibility index (Phi) is 6.95. The van der Waals surface area contributed by atoms with Crippen molar-refractivity contribution < 1.29 is 14.5 Å². The van der Waals surface area contributed by atoms with Crippen molar-refractivity contribution in [3.8, 4) is 5.75 Å². The number of carbonyl (C=O) groups excluding carboxylic acids is 1. The molecule has 0 bridgehead atoms. The number of hydrogen-bond acceptors (Lipinski definition) is 4. The number of nitrogens with zero attached hydrogens (tertiary/aromatic N) is 1. The minimum absolute atomic E-state index is 0.0761. The minimum Gasteiger partial charge on any atom is -0.494 e. The van der Waals surface area contributed by atoms with Gasteiger partial charge in [-0.3, -0.25) is 14.9 Å². The van der Waals surface area contributed by atoms with Crippen molar-refractivity contribution in [1.29, 1.82) is 0 Å². The molecule has 1 amide bonds. The Labute approximate surface area is 147 Å².